The number of carbonyl (C=O) groups excluding carboxylic acids is 1. The van der Waals surface area contributed by atoms with Crippen LogP contribution in [0.25, 0.3) is 10.9 Å². The Hall–Kier alpha value is -3.22. The number of hydrazine groups is 1. The second-order valence-corrected chi connectivity index (χ2v) is 4.85. The van der Waals surface area contributed by atoms with Gasteiger partial charge < -0.3 is 0 Å². The second kappa shape index (κ2) is 6.27. The van der Waals surface area contributed by atoms with E-state index in [0.29, 0.717) is 10.9 Å². The fraction of sp³-hybridized carbons (Fsp3) is 0.0625. The molecule has 0 aliphatic heterocycles. The van der Waals surface area contributed by atoms with E-state index >= 15 is 0 Å². The number of hydrogen-bond donors (Lipinski definition) is 2. The summed E-state index contributed by atoms with van der Waals surface area (Å²) in [5.74, 6) is -0.982. The highest BCUT2D eigenvalue weighted by atomic mass is 19.1. The SMILES string of the molecule is O=C(Cn1cnc2ccccc2c1=O)NNc1ccccc1F. The molecule has 116 valence electrons. The molecule has 0 bridgehead atoms. The average Bonchev–Trinajstić information content (AvgIpc) is 2.57. The van der Waals surface area contributed by atoms with Crippen molar-refractivity contribution in [3.8, 4) is 0 Å². The van der Waals surface area contributed by atoms with Gasteiger partial charge in [-0.25, -0.2) is 9.37 Å². The van der Waals surface area contributed by atoms with Gasteiger partial charge in [-0.2, -0.15) is 0 Å². The standard InChI is InChI=1S/C16H13FN4O2/c17-12-6-2-4-8-14(12)19-20-15(22)9-21-10-18-13-7-3-1-5-11(13)16(21)23/h1-8,10,19H,9H2,(H,20,22). The lowest BCUT2D eigenvalue weighted by Crippen LogP contribution is -2.35. The van der Waals surface area contributed by atoms with Crippen LogP contribution in [0.1, 0.15) is 0 Å². The lowest BCUT2D eigenvalue weighted by molar-refractivity contribution is -0.121. The molecule has 0 spiro atoms. The number of anilines is 1. The first-order valence-electron chi connectivity index (χ1n) is 6.89. The first kappa shape index (κ1) is 14.7. The molecule has 0 fully saturated rings. The van der Waals surface area contributed by atoms with Gasteiger partial charge in [0.05, 0.1) is 22.9 Å². The molecular weight excluding hydrogens is 299 g/mol. The summed E-state index contributed by atoms with van der Waals surface area (Å²) in [7, 11) is 0. The minimum absolute atomic E-state index is 0.143. The lowest BCUT2D eigenvalue weighted by atomic mass is 10.2. The quantitative estimate of drug-likeness (QED) is 0.719. The van der Waals surface area contributed by atoms with Crippen LogP contribution in [0.5, 0.6) is 0 Å². The van der Waals surface area contributed by atoms with Gasteiger partial charge in [-0.3, -0.25) is 25.0 Å². The van der Waals surface area contributed by atoms with Crippen molar-refractivity contribution in [2.24, 2.45) is 0 Å². The third-order valence-corrected chi connectivity index (χ3v) is 3.26. The molecule has 3 rings (SSSR count). The predicted molar refractivity (Wildman–Crippen MR) is 84.2 cm³/mol. The number of amides is 1. The number of para-hydroxylation sites is 2. The summed E-state index contributed by atoms with van der Waals surface area (Å²) in [4.78, 5) is 28.3. The van der Waals surface area contributed by atoms with E-state index in [4.69, 9.17) is 0 Å². The second-order valence-electron chi connectivity index (χ2n) is 4.85. The van der Waals surface area contributed by atoms with E-state index in [2.05, 4.69) is 15.8 Å². The summed E-state index contributed by atoms with van der Waals surface area (Å²) >= 11 is 0. The fourth-order valence-corrected chi connectivity index (χ4v) is 2.11. The van der Waals surface area contributed by atoms with Gasteiger partial charge in [0.1, 0.15) is 12.4 Å². The van der Waals surface area contributed by atoms with Crippen LogP contribution in [0.2, 0.25) is 0 Å². The van der Waals surface area contributed by atoms with Crippen molar-refractivity contribution in [3.63, 3.8) is 0 Å². The summed E-state index contributed by atoms with van der Waals surface area (Å²) in [6, 6.07) is 12.8. The van der Waals surface area contributed by atoms with E-state index in [9.17, 15) is 14.0 Å². The minimum atomic E-state index is -0.493. The number of carbonyl (C=O) groups is 1. The summed E-state index contributed by atoms with van der Waals surface area (Å²) in [6.45, 7) is -0.224. The van der Waals surface area contributed by atoms with Crippen LogP contribution in [0.4, 0.5) is 10.1 Å². The topological polar surface area (TPSA) is 76.0 Å². The Balaban J connectivity index is 1.72. The Labute approximate surface area is 130 Å². The maximum absolute atomic E-state index is 13.4. The van der Waals surface area contributed by atoms with E-state index < -0.39 is 11.7 Å². The van der Waals surface area contributed by atoms with Gasteiger partial charge in [0.15, 0.2) is 0 Å². The summed E-state index contributed by atoms with van der Waals surface area (Å²) in [6.07, 6.45) is 1.31. The zero-order valence-corrected chi connectivity index (χ0v) is 12.0. The van der Waals surface area contributed by atoms with E-state index in [1.54, 1.807) is 36.4 Å². The van der Waals surface area contributed by atoms with Gasteiger partial charge in [-0.15, -0.1) is 0 Å². The molecule has 3 aromatic rings. The van der Waals surface area contributed by atoms with Crippen LogP contribution >= 0.6 is 0 Å². The molecule has 23 heavy (non-hydrogen) atoms. The molecule has 2 aromatic carbocycles. The van der Waals surface area contributed by atoms with Crippen molar-refractivity contribution in [3.05, 3.63) is 71.0 Å². The Kier molecular flexibility index (Phi) is 4.01. The number of fused-ring (bicyclic) bond motifs is 1. The summed E-state index contributed by atoms with van der Waals surface area (Å²) in [5.41, 5.74) is 5.23. The van der Waals surface area contributed by atoms with Crippen molar-refractivity contribution >= 4 is 22.5 Å². The number of hydrogen-bond acceptors (Lipinski definition) is 4. The zero-order chi connectivity index (χ0) is 16.2. The molecule has 0 radical (unpaired) electrons. The third-order valence-electron chi connectivity index (χ3n) is 3.26. The van der Waals surface area contributed by atoms with Gasteiger partial charge >= 0.3 is 0 Å². The van der Waals surface area contributed by atoms with Crippen molar-refractivity contribution in [2.75, 3.05) is 5.43 Å². The highest BCUT2D eigenvalue weighted by Gasteiger charge is 2.08. The molecule has 0 unspecified atom stereocenters. The maximum atomic E-state index is 13.4. The molecule has 1 aromatic heterocycles. The molecule has 0 aliphatic rings. The monoisotopic (exact) mass is 312 g/mol. The van der Waals surface area contributed by atoms with Crippen molar-refractivity contribution in [2.45, 2.75) is 6.54 Å². The van der Waals surface area contributed by atoms with Crippen LogP contribution in [0.3, 0.4) is 0 Å². The molecule has 0 aliphatic carbocycles. The highest BCUT2D eigenvalue weighted by Crippen LogP contribution is 2.10. The molecule has 1 amide bonds. The van der Waals surface area contributed by atoms with E-state index in [1.807, 2.05) is 0 Å². The average molecular weight is 312 g/mol. The van der Waals surface area contributed by atoms with Crippen LogP contribution < -0.4 is 16.4 Å². The number of nitrogens with zero attached hydrogens (tertiary/aromatic N) is 2. The third kappa shape index (κ3) is 3.18. The molecule has 1 heterocycles. The Morgan fingerprint density at radius 1 is 1.13 bits per heavy atom. The zero-order valence-electron chi connectivity index (χ0n) is 12.0. The lowest BCUT2D eigenvalue weighted by Gasteiger charge is -2.10. The molecule has 0 saturated heterocycles. The molecule has 7 heteroatoms. The van der Waals surface area contributed by atoms with Crippen LogP contribution in [-0.4, -0.2) is 15.5 Å². The number of halogens is 1. The van der Waals surface area contributed by atoms with Gasteiger partial charge in [-0.1, -0.05) is 24.3 Å². The molecule has 0 atom stereocenters. The summed E-state index contributed by atoms with van der Waals surface area (Å²) in [5, 5.41) is 0.435. The van der Waals surface area contributed by atoms with Gasteiger partial charge in [-0.05, 0) is 24.3 Å². The molecule has 0 saturated carbocycles. The van der Waals surface area contributed by atoms with Gasteiger partial charge in [0.2, 0.25) is 0 Å². The van der Waals surface area contributed by atoms with Crippen LogP contribution in [0, 0.1) is 5.82 Å². The highest BCUT2D eigenvalue weighted by molar-refractivity contribution is 5.79. The predicted octanol–water partition coefficient (Wildman–Crippen LogP) is 1.68. The Morgan fingerprint density at radius 2 is 1.87 bits per heavy atom. The smallest absolute Gasteiger partial charge is 0.261 e. The van der Waals surface area contributed by atoms with E-state index in [0.717, 1.165) is 0 Å². The molecule has 6 nitrogen and oxygen atoms in total. The van der Waals surface area contributed by atoms with Crippen molar-refractivity contribution in [1.82, 2.24) is 15.0 Å². The maximum Gasteiger partial charge on any atom is 0.261 e. The number of rotatable bonds is 4. The van der Waals surface area contributed by atoms with Crippen LogP contribution in [-0.2, 0) is 11.3 Å². The van der Waals surface area contributed by atoms with E-state index in [-0.39, 0.29) is 17.8 Å². The minimum Gasteiger partial charge on any atom is -0.296 e. The van der Waals surface area contributed by atoms with Crippen LogP contribution in [0.15, 0.2) is 59.7 Å². The van der Waals surface area contributed by atoms with E-state index in [1.165, 1.54) is 23.0 Å². The molecular formula is C16H13FN4O2. The number of nitrogens with one attached hydrogen (secondary N) is 2. The Morgan fingerprint density at radius 3 is 2.70 bits per heavy atom. The number of benzene rings is 2. The Bertz CT molecular complexity index is 923. The first-order chi connectivity index (χ1) is 11.1. The first-order valence-corrected chi connectivity index (χ1v) is 6.89. The van der Waals surface area contributed by atoms with Crippen molar-refractivity contribution < 1.29 is 9.18 Å². The summed E-state index contributed by atoms with van der Waals surface area (Å²) < 4.78 is 14.6. The van der Waals surface area contributed by atoms with Crippen molar-refractivity contribution in [1.29, 1.82) is 0 Å². The van der Waals surface area contributed by atoms with Gasteiger partial charge in [0.25, 0.3) is 11.5 Å². The fourth-order valence-electron chi connectivity index (χ4n) is 2.11. The normalized spacial score (nSPS) is 10.5. The molecule has 2 N–H and O–H groups in total. The largest absolute Gasteiger partial charge is 0.296 e. The number of aromatic nitrogens is 2. The van der Waals surface area contributed by atoms with Gasteiger partial charge in [0, 0.05) is 0 Å².